The van der Waals surface area contributed by atoms with Gasteiger partial charge in [0.1, 0.15) is 4.88 Å². The third-order valence-electron chi connectivity index (χ3n) is 2.37. The van der Waals surface area contributed by atoms with Gasteiger partial charge in [-0.1, -0.05) is 6.92 Å². The van der Waals surface area contributed by atoms with Crippen LogP contribution in [-0.2, 0) is 4.79 Å². The number of hydrogen-bond acceptors (Lipinski definition) is 4. The molecule has 0 aromatic carbocycles. The summed E-state index contributed by atoms with van der Waals surface area (Å²) in [6, 6.07) is 0. The number of carbonyl (C=O) groups excluding carboxylic acids is 1. The van der Waals surface area contributed by atoms with E-state index in [4.69, 9.17) is 9.84 Å². The van der Waals surface area contributed by atoms with E-state index in [-0.39, 0.29) is 12.5 Å². The lowest BCUT2D eigenvalue weighted by atomic mass is 10.2. The van der Waals surface area contributed by atoms with Crippen LogP contribution in [0.2, 0.25) is 0 Å². The second kappa shape index (κ2) is 6.19. The third kappa shape index (κ3) is 3.23. The van der Waals surface area contributed by atoms with Gasteiger partial charge in [-0.15, -0.1) is 11.3 Å². The second-order valence-corrected chi connectivity index (χ2v) is 5.80. The fraction of sp³-hybridized carbons (Fsp3) is 0.455. The lowest BCUT2D eigenvalue weighted by Gasteiger charge is -2.08. The molecule has 0 aliphatic heterocycles. The van der Waals surface area contributed by atoms with Crippen LogP contribution in [0.3, 0.4) is 0 Å². The summed E-state index contributed by atoms with van der Waals surface area (Å²) in [5.74, 6) is -1.40. The third-order valence-corrected chi connectivity index (χ3v) is 4.67. The van der Waals surface area contributed by atoms with Crippen molar-refractivity contribution in [2.24, 2.45) is 5.92 Å². The van der Waals surface area contributed by atoms with Crippen LogP contribution in [0.15, 0.2) is 4.47 Å². The van der Waals surface area contributed by atoms with E-state index in [1.54, 1.807) is 0 Å². The van der Waals surface area contributed by atoms with Crippen LogP contribution in [-0.4, -0.2) is 30.6 Å². The van der Waals surface area contributed by atoms with Crippen LogP contribution >= 0.6 is 27.3 Å². The van der Waals surface area contributed by atoms with Crippen molar-refractivity contribution in [1.82, 2.24) is 5.32 Å². The molecular weight excluding hydrogens is 322 g/mol. The van der Waals surface area contributed by atoms with Gasteiger partial charge in [0.2, 0.25) is 0 Å². The van der Waals surface area contributed by atoms with E-state index in [1.165, 1.54) is 25.4 Å². The summed E-state index contributed by atoms with van der Waals surface area (Å²) in [5, 5.41) is 11.3. The van der Waals surface area contributed by atoms with Crippen molar-refractivity contribution in [2.45, 2.75) is 13.8 Å². The van der Waals surface area contributed by atoms with Crippen molar-refractivity contribution in [2.75, 3.05) is 13.7 Å². The van der Waals surface area contributed by atoms with Crippen molar-refractivity contribution >= 4 is 39.1 Å². The second-order valence-electron chi connectivity index (χ2n) is 3.78. The minimum Gasteiger partial charge on any atom is -0.494 e. The minimum atomic E-state index is -0.939. The monoisotopic (exact) mass is 335 g/mol. The summed E-state index contributed by atoms with van der Waals surface area (Å²) in [6.45, 7) is 3.50. The fourth-order valence-corrected chi connectivity index (χ4v) is 2.91. The number of carboxylic acids is 1. The van der Waals surface area contributed by atoms with Gasteiger partial charge in [-0.3, -0.25) is 9.59 Å². The number of ether oxygens (including phenoxy) is 1. The van der Waals surface area contributed by atoms with E-state index in [1.807, 2.05) is 6.92 Å². The van der Waals surface area contributed by atoms with Crippen LogP contribution in [0.5, 0.6) is 5.75 Å². The maximum absolute atomic E-state index is 11.9. The van der Waals surface area contributed by atoms with Gasteiger partial charge in [-0.05, 0) is 22.9 Å². The fourth-order valence-electron chi connectivity index (χ4n) is 1.25. The van der Waals surface area contributed by atoms with E-state index < -0.39 is 11.9 Å². The van der Waals surface area contributed by atoms with Crippen molar-refractivity contribution in [3.8, 4) is 5.75 Å². The molecule has 1 aromatic rings. The molecule has 0 aliphatic carbocycles. The van der Waals surface area contributed by atoms with Gasteiger partial charge in [-0.2, -0.15) is 0 Å². The molecule has 0 bridgehead atoms. The first-order chi connectivity index (χ1) is 8.38. The molecule has 5 nitrogen and oxygen atoms in total. The molecular formula is C11H14BrNO4S. The molecule has 1 amide bonds. The first kappa shape index (κ1) is 15.0. The predicted octanol–water partition coefficient (Wildman–Crippen LogP) is 2.28. The number of aliphatic carboxylic acids is 1. The zero-order valence-corrected chi connectivity index (χ0v) is 12.6. The Labute approximate surface area is 117 Å². The van der Waals surface area contributed by atoms with Gasteiger partial charge in [0.05, 0.1) is 17.5 Å². The number of nitrogens with one attached hydrogen (secondary N) is 1. The molecule has 18 heavy (non-hydrogen) atoms. The molecule has 0 radical (unpaired) electrons. The summed E-state index contributed by atoms with van der Waals surface area (Å²) in [6.07, 6.45) is 0. The van der Waals surface area contributed by atoms with Crippen molar-refractivity contribution in [3.05, 3.63) is 14.2 Å². The van der Waals surface area contributed by atoms with E-state index in [9.17, 15) is 9.59 Å². The van der Waals surface area contributed by atoms with Crippen molar-refractivity contribution in [3.63, 3.8) is 0 Å². The molecule has 1 atom stereocenters. The Morgan fingerprint density at radius 2 is 2.17 bits per heavy atom. The zero-order chi connectivity index (χ0) is 13.9. The summed E-state index contributed by atoms with van der Waals surface area (Å²) in [4.78, 5) is 23.9. The number of hydrogen-bond donors (Lipinski definition) is 2. The van der Waals surface area contributed by atoms with Crippen LogP contribution in [0.4, 0.5) is 0 Å². The first-order valence-electron chi connectivity index (χ1n) is 5.22. The quantitative estimate of drug-likeness (QED) is 0.865. The molecule has 1 unspecified atom stereocenters. The molecule has 1 aromatic heterocycles. The number of aryl methyl sites for hydroxylation is 1. The van der Waals surface area contributed by atoms with E-state index in [0.29, 0.717) is 10.6 Å². The number of halogens is 1. The summed E-state index contributed by atoms with van der Waals surface area (Å²) in [7, 11) is 1.49. The summed E-state index contributed by atoms with van der Waals surface area (Å²) < 4.78 is 5.91. The maximum atomic E-state index is 11.9. The van der Waals surface area contributed by atoms with Gasteiger partial charge >= 0.3 is 5.97 Å². The van der Waals surface area contributed by atoms with Gasteiger partial charge < -0.3 is 15.2 Å². The highest BCUT2D eigenvalue weighted by Gasteiger charge is 2.21. The zero-order valence-electron chi connectivity index (χ0n) is 10.2. The van der Waals surface area contributed by atoms with E-state index in [0.717, 1.165) is 9.35 Å². The Morgan fingerprint density at radius 1 is 1.56 bits per heavy atom. The van der Waals surface area contributed by atoms with Gasteiger partial charge in [-0.25, -0.2) is 0 Å². The topological polar surface area (TPSA) is 75.6 Å². The van der Waals surface area contributed by atoms with Gasteiger partial charge in [0, 0.05) is 11.4 Å². The largest absolute Gasteiger partial charge is 0.494 e. The molecule has 100 valence electrons. The molecule has 1 heterocycles. The standard InChI is InChI=1S/C11H14BrNO4S/c1-5(11(15)16)4-13-10(14)9-8(17-3)7(12)6(2)18-9/h5H,4H2,1-3H3,(H,13,14)(H,15,16). The van der Waals surface area contributed by atoms with Crippen LogP contribution in [0.25, 0.3) is 0 Å². The Kier molecular flexibility index (Phi) is 5.15. The molecule has 2 N–H and O–H groups in total. The molecule has 0 saturated carbocycles. The Morgan fingerprint density at radius 3 is 2.67 bits per heavy atom. The maximum Gasteiger partial charge on any atom is 0.308 e. The van der Waals surface area contributed by atoms with Crippen molar-refractivity contribution in [1.29, 1.82) is 0 Å². The Balaban J connectivity index is 2.79. The molecule has 0 fully saturated rings. The lowest BCUT2D eigenvalue weighted by Crippen LogP contribution is -2.31. The molecule has 0 spiro atoms. The van der Waals surface area contributed by atoms with Crippen LogP contribution in [0.1, 0.15) is 21.5 Å². The number of thiophene rings is 1. The molecule has 7 heteroatoms. The average molecular weight is 336 g/mol. The van der Waals surface area contributed by atoms with Gasteiger partial charge in [0.15, 0.2) is 5.75 Å². The van der Waals surface area contributed by atoms with Crippen LogP contribution in [0, 0.1) is 12.8 Å². The average Bonchev–Trinajstić information content (AvgIpc) is 2.61. The Bertz CT molecular complexity index is 472. The Hall–Kier alpha value is -1.08. The number of carbonyl (C=O) groups is 2. The minimum absolute atomic E-state index is 0.0892. The van der Waals surface area contributed by atoms with Gasteiger partial charge in [0.25, 0.3) is 5.91 Å². The predicted molar refractivity (Wildman–Crippen MR) is 72.4 cm³/mol. The molecule has 0 aliphatic rings. The number of methoxy groups -OCH3 is 1. The van der Waals surface area contributed by atoms with E-state index >= 15 is 0 Å². The normalized spacial score (nSPS) is 12.0. The highest BCUT2D eigenvalue weighted by Crippen LogP contribution is 2.38. The summed E-state index contributed by atoms with van der Waals surface area (Å²) in [5.41, 5.74) is 0. The molecule has 1 rings (SSSR count). The summed E-state index contributed by atoms with van der Waals surface area (Å²) >= 11 is 4.65. The number of carboxylic acid groups (broad SMARTS) is 1. The highest BCUT2D eigenvalue weighted by molar-refractivity contribution is 9.10. The lowest BCUT2D eigenvalue weighted by molar-refractivity contribution is -0.140. The number of rotatable bonds is 5. The highest BCUT2D eigenvalue weighted by atomic mass is 79.9. The van der Waals surface area contributed by atoms with Crippen LogP contribution < -0.4 is 10.1 Å². The number of amides is 1. The molecule has 0 saturated heterocycles. The van der Waals surface area contributed by atoms with E-state index in [2.05, 4.69) is 21.2 Å². The smallest absolute Gasteiger partial charge is 0.308 e. The van der Waals surface area contributed by atoms with Crippen molar-refractivity contribution < 1.29 is 19.4 Å². The SMILES string of the molecule is COc1c(C(=O)NCC(C)C(=O)O)sc(C)c1Br. The first-order valence-corrected chi connectivity index (χ1v) is 6.83.